The Kier molecular flexibility index (Phi) is 2.56. The molecule has 3 rings (SSSR count). The Morgan fingerprint density at radius 3 is 2.68 bits per heavy atom. The van der Waals surface area contributed by atoms with Crippen LogP contribution in [0.15, 0.2) is 42.6 Å². The zero-order valence-corrected chi connectivity index (χ0v) is 10.9. The van der Waals surface area contributed by atoms with Crippen molar-refractivity contribution in [3.8, 4) is 5.88 Å². The van der Waals surface area contributed by atoms with E-state index in [1.807, 2.05) is 0 Å². The molecule has 0 unspecified atom stereocenters. The first-order chi connectivity index (χ1) is 9.12. The lowest BCUT2D eigenvalue weighted by Gasteiger charge is -2.16. The number of aromatic nitrogens is 1. The summed E-state index contributed by atoms with van der Waals surface area (Å²) in [5.74, 6) is 0.432. The van der Waals surface area contributed by atoms with Crippen molar-refractivity contribution in [1.82, 2.24) is 4.98 Å². The van der Waals surface area contributed by atoms with Crippen LogP contribution in [-0.2, 0) is 10.2 Å². The molecule has 0 spiro atoms. The largest absolute Gasteiger partial charge is 0.481 e. The molecule has 19 heavy (non-hydrogen) atoms. The molecule has 1 N–H and O–H groups in total. The molecule has 0 atom stereocenters. The van der Waals surface area contributed by atoms with Crippen LogP contribution < -0.4 is 13.8 Å². The van der Waals surface area contributed by atoms with E-state index in [1.165, 1.54) is 17.6 Å². The van der Waals surface area contributed by atoms with Gasteiger partial charge in [0.1, 0.15) is 0 Å². The van der Waals surface area contributed by atoms with Crippen molar-refractivity contribution in [2.24, 2.45) is 0 Å². The summed E-state index contributed by atoms with van der Waals surface area (Å²) in [5.41, 5.74) is 1.59. The monoisotopic (exact) mass is 277 g/mol. The number of hydrogen-bond acceptors (Lipinski definition) is 4. The molecule has 0 bridgehead atoms. The molecule has 0 saturated heterocycles. The molecule has 6 nitrogen and oxygen atoms in total. The molecule has 1 aliphatic heterocycles. The quantitative estimate of drug-likeness (QED) is 0.910. The molecule has 0 fully saturated rings. The minimum Gasteiger partial charge on any atom is -0.481 e. The van der Waals surface area contributed by atoms with E-state index in [2.05, 4.69) is 9.71 Å². The fourth-order valence-electron chi connectivity index (χ4n) is 1.94. The van der Waals surface area contributed by atoms with Crippen molar-refractivity contribution >= 4 is 27.3 Å². The topological polar surface area (TPSA) is 71.5 Å². The molecule has 2 aromatic rings. The minimum absolute atomic E-state index is 0.432. The number of nitrogens with zero attached hydrogens (tertiary/aromatic N) is 2. The molecule has 7 heteroatoms. The second-order valence-corrected chi connectivity index (χ2v) is 5.47. The Bertz CT molecular complexity index is 713. The number of hydrogen-bond donors (Lipinski definition) is 1. The van der Waals surface area contributed by atoms with Crippen molar-refractivity contribution in [3.63, 3.8) is 0 Å². The van der Waals surface area contributed by atoms with Crippen LogP contribution in [0.5, 0.6) is 5.88 Å². The van der Waals surface area contributed by atoms with Gasteiger partial charge in [0.05, 0.1) is 30.4 Å². The molecule has 1 aromatic heterocycles. The van der Waals surface area contributed by atoms with Crippen LogP contribution in [0.4, 0.5) is 17.1 Å². The molecular formula is C12H11N3O3S. The first kappa shape index (κ1) is 11.8. The average Bonchev–Trinajstić information content (AvgIpc) is 2.68. The molecule has 0 amide bonds. The van der Waals surface area contributed by atoms with E-state index in [0.717, 1.165) is 0 Å². The molecule has 0 saturated carbocycles. The lowest BCUT2D eigenvalue weighted by Crippen LogP contribution is -2.25. The molecule has 0 radical (unpaired) electrons. The zero-order chi connectivity index (χ0) is 13.5. The number of benzene rings is 1. The van der Waals surface area contributed by atoms with Crippen molar-refractivity contribution in [2.45, 2.75) is 0 Å². The minimum atomic E-state index is -3.62. The fourth-order valence-corrected chi connectivity index (χ4v) is 3.29. The second-order valence-electron chi connectivity index (χ2n) is 3.95. The maximum Gasteiger partial charge on any atom is 0.328 e. The summed E-state index contributed by atoms with van der Waals surface area (Å²) in [7, 11) is -2.11. The van der Waals surface area contributed by atoms with Gasteiger partial charge in [-0.2, -0.15) is 8.42 Å². The van der Waals surface area contributed by atoms with Crippen LogP contribution in [0.25, 0.3) is 0 Å². The van der Waals surface area contributed by atoms with E-state index >= 15 is 0 Å². The number of ether oxygens (including phenoxy) is 1. The number of nitrogens with one attached hydrogen (secondary N) is 1. The van der Waals surface area contributed by atoms with Gasteiger partial charge in [0.2, 0.25) is 5.88 Å². The van der Waals surface area contributed by atoms with Gasteiger partial charge in [-0.05, 0) is 18.2 Å². The van der Waals surface area contributed by atoms with Crippen molar-refractivity contribution < 1.29 is 13.2 Å². The highest BCUT2D eigenvalue weighted by molar-refractivity contribution is 7.95. The molecule has 1 aromatic carbocycles. The van der Waals surface area contributed by atoms with E-state index in [-0.39, 0.29) is 0 Å². The van der Waals surface area contributed by atoms with E-state index in [0.29, 0.717) is 22.9 Å². The maximum absolute atomic E-state index is 12.1. The predicted molar refractivity (Wildman–Crippen MR) is 71.9 cm³/mol. The fraction of sp³-hybridized carbons (Fsp3) is 0.0833. The summed E-state index contributed by atoms with van der Waals surface area (Å²) in [6, 6.07) is 10.3. The van der Waals surface area contributed by atoms with Gasteiger partial charge in [0, 0.05) is 6.07 Å². The summed E-state index contributed by atoms with van der Waals surface area (Å²) in [5, 5.41) is 0. The third-order valence-electron chi connectivity index (χ3n) is 2.77. The Labute approximate surface area is 110 Å². The highest BCUT2D eigenvalue weighted by Gasteiger charge is 2.33. The second kappa shape index (κ2) is 4.13. The normalized spacial score (nSPS) is 15.7. The van der Waals surface area contributed by atoms with Crippen LogP contribution in [0, 0.1) is 0 Å². The highest BCUT2D eigenvalue weighted by atomic mass is 32.2. The summed E-state index contributed by atoms with van der Waals surface area (Å²) in [6.07, 6.45) is 1.46. The van der Waals surface area contributed by atoms with Crippen molar-refractivity contribution in [1.29, 1.82) is 0 Å². The van der Waals surface area contributed by atoms with Gasteiger partial charge in [-0.25, -0.2) is 9.29 Å². The lowest BCUT2D eigenvalue weighted by molar-refractivity contribution is 0.398. The van der Waals surface area contributed by atoms with E-state index in [4.69, 9.17) is 4.74 Å². The number of anilines is 3. The Hall–Kier alpha value is -2.28. The Morgan fingerprint density at radius 2 is 2.00 bits per heavy atom. The summed E-state index contributed by atoms with van der Waals surface area (Å²) < 4.78 is 32.9. The van der Waals surface area contributed by atoms with Gasteiger partial charge in [0.15, 0.2) is 0 Å². The number of rotatable bonds is 2. The van der Waals surface area contributed by atoms with Crippen LogP contribution in [0.3, 0.4) is 0 Å². The van der Waals surface area contributed by atoms with Gasteiger partial charge in [-0.3, -0.25) is 4.72 Å². The first-order valence-corrected chi connectivity index (χ1v) is 6.98. The van der Waals surface area contributed by atoms with Crippen LogP contribution >= 0.6 is 0 Å². The molecule has 98 valence electrons. The molecule has 1 aliphatic rings. The third-order valence-corrected chi connectivity index (χ3v) is 4.13. The third kappa shape index (κ3) is 1.88. The average molecular weight is 277 g/mol. The van der Waals surface area contributed by atoms with E-state index in [1.54, 1.807) is 36.4 Å². The smallest absolute Gasteiger partial charge is 0.328 e. The molecular weight excluding hydrogens is 266 g/mol. The lowest BCUT2D eigenvalue weighted by atomic mass is 10.2. The summed E-state index contributed by atoms with van der Waals surface area (Å²) >= 11 is 0. The highest BCUT2D eigenvalue weighted by Crippen LogP contribution is 2.40. The first-order valence-electron chi connectivity index (χ1n) is 5.54. The molecule has 0 aliphatic carbocycles. The van der Waals surface area contributed by atoms with Crippen molar-refractivity contribution in [2.75, 3.05) is 16.1 Å². The van der Waals surface area contributed by atoms with Gasteiger partial charge >= 0.3 is 10.2 Å². The summed E-state index contributed by atoms with van der Waals surface area (Å²) in [4.78, 5) is 4.02. The zero-order valence-electron chi connectivity index (χ0n) is 10.1. The van der Waals surface area contributed by atoms with Gasteiger partial charge in [0.25, 0.3) is 0 Å². The number of fused-ring (bicyclic) bond motifs is 1. The van der Waals surface area contributed by atoms with Gasteiger partial charge in [-0.15, -0.1) is 0 Å². The summed E-state index contributed by atoms with van der Waals surface area (Å²) in [6.45, 7) is 0. The number of pyridine rings is 1. The maximum atomic E-state index is 12.1. The Balaban J connectivity index is 2.12. The van der Waals surface area contributed by atoms with E-state index in [9.17, 15) is 8.42 Å². The van der Waals surface area contributed by atoms with Crippen LogP contribution in [0.2, 0.25) is 0 Å². The standard InChI is InChI=1S/C12H11N3O3S/c1-18-12-7-6-9(8-13-12)15-11-5-3-2-4-10(11)14-19(15,16)17/h2-8,14H,1H3. The Morgan fingerprint density at radius 1 is 1.21 bits per heavy atom. The molecule has 2 heterocycles. The van der Waals surface area contributed by atoms with E-state index < -0.39 is 10.2 Å². The number of para-hydroxylation sites is 2. The van der Waals surface area contributed by atoms with Gasteiger partial charge < -0.3 is 4.74 Å². The van der Waals surface area contributed by atoms with Crippen molar-refractivity contribution in [3.05, 3.63) is 42.6 Å². The SMILES string of the molecule is COc1ccc(N2c3ccccc3NS2(=O)=O)cn1. The van der Waals surface area contributed by atoms with Gasteiger partial charge in [-0.1, -0.05) is 12.1 Å². The van der Waals surface area contributed by atoms with Crippen LogP contribution in [-0.4, -0.2) is 20.5 Å². The van der Waals surface area contributed by atoms with Crippen LogP contribution in [0.1, 0.15) is 0 Å². The number of methoxy groups -OCH3 is 1. The predicted octanol–water partition coefficient (Wildman–Crippen LogP) is 1.90.